The lowest BCUT2D eigenvalue weighted by Crippen LogP contribution is -2.30. The van der Waals surface area contributed by atoms with E-state index in [-0.39, 0.29) is 0 Å². The minimum Gasteiger partial charge on any atom is -0.389 e. The lowest BCUT2D eigenvalue weighted by molar-refractivity contribution is 0.136. The number of ether oxygens (including phenoxy) is 1. The van der Waals surface area contributed by atoms with Crippen LogP contribution in [0.1, 0.15) is 25.0 Å². The maximum absolute atomic E-state index is 5.60. The van der Waals surface area contributed by atoms with Crippen LogP contribution in [0.15, 0.2) is 24.3 Å². The van der Waals surface area contributed by atoms with E-state index in [9.17, 15) is 0 Å². The van der Waals surface area contributed by atoms with Gasteiger partial charge in [-0.15, -0.1) is 0 Å². The van der Waals surface area contributed by atoms with Gasteiger partial charge in [0, 0.05) is 32.3 Å². The second kappa shape index (κ2) is 8.25. The first-order chi connectivity index (χ1) is 9.02. The maximum atomic E-state index is 5.60. The molecule has 2 N–H and O–H groups in total. The minimum absolute atomic E-state index is 0.449. The zero-order chi connectivity index (χ0) is 14.3. The fraction of sp³-hybridized carbons (Fsp3) is 0.533. The number of rotatable bonds is 8. The molecule has 4 heteroatoms. The predicted molar refractivity (Wildman–Crippen MR) is 84.3 cm³/mol. The molecular weight excluding hydrogens is 256 g/mol. The van der Waals surface area contributed by atoms with Crippen LogP contribution >= 0.6 is 12.2 Å². The van der Waals surface area contributed by atoms with Crippen LogP contribution in [-0.4, -0.2) is 36.7 Å². The number of thiocarbonyl (C=S) groups is 1. The molecule has 0 aliphatic rings. The number of methoxy groups -OCH3 is 1. The highest BCUT2D eigenvalue weighted by molar-refractivity contribution is 7.80. The van der Waals surface area contributed by atoms with Crippen molar-refractivity contribution in [2.24, 2.45) is 11.7 Å². The molecule has 0 spiro atoms. The van der Waals surface area contributed by atoms with Crippen molar-refractivity contribution in [1.29, 1.82) is 0 Å². The molecule has 0 aromatic heterocycles. The zero-order valence-electron chi connectivity index (χ0n) is 12.1. The Hall–Kier alpha value is -0.970. The van der Waals surface area contributed by atoms with Gasteiger partial charge in [-0.3, -0.25) is 4.90 Å². The van der Waals surface area contributed by atoms with Crippen molar-refractivity contribution >= 4 is 17.2 Å². The van der Waals surface area contributed by atoms with Gasteiger partial charge in [0.2, 0.25) is 0 Å². The summed E-state index contributed by atoms with van der Waals surface area (Å²) in [5.41, 5.74) is 7.80. The third-order valence-electron chi connectivity index (χ3n) is 2.88. The molecule has 1 aromatic carbocycles. The van der Waals surface area contributed by atoms with Crippen LogP contribution in [0, 0.1) is 5.92 Å². The molecular formula is C15H24N2OS. The first kappa shape index (κ1) is 16.1. The summed E-state index contributed by atoms with van der Waals surface area (Å²) >= 11 is 4.96. The summed E-state index contributed by atoms with van der Waals surface area (Å²) in [4.78, 5) is 2.86. The van der Waals surface area contributed by atoms with Gasteiger partial charge in [0.1, 0.15) is 4.99 Å². The normalized spacial score (nSPS) is 11.2. The smallest absolute Gasteiger partial charge is 0.103 e. The molecule has 106 valence electrons. The summed E-state index contributed by atoms with van der Waals surface area (Å²) in [6, 6.07) is 8.16. The number of hydrogen-bond acceptors (Lipinski definition) is 3. The van der Waals surface area contributed by atoms with Gasteiger partial charge in [0.05, 0.1) is 6.61 Å². The maximum Gasteiger partial charge on any atom is 0.103 e. The van der Waals surface area contributed by atoms with Crippen LogP contribution in [0.25, 0.3) is 0 Å². The van der Waals surface area contributed by atoms with E-state index in [0.717, 1.165) is 31.8 Å². The Labute approximate surface area is 121 Å². The fourth-order valence-electron chi connectivity index (χ4n) is 2.00. The SMILES string of the molecule is COCCN(Cc1ccc(C(N)=S)cc1)CC(C)C. The topological polar surface area (TPSA) is 38.5 Å². The van der Waals surface area contributed by atoms with E-state index in [1.54, 1.807) is 7.11 Å². The molecule has 0 unspecified atom stereocenters. The molecule has 0 radical (unpaired) electrons. The summed E-state index contributed by atoms with van der Waals surface area (Å²) in [7, 11) is 1.74. The number of nitrogens with two attached hydrogens (primary N) is 1. The first-order valence-electron chi connectivity index (χ1n) is 6.63. The van der Waals surface area contributed by atoms with E-state index in [1.165, 1.54) is 5.56 Å². The third kappa shape index (κ3) is 6.14. The van der Waals surface area contributed by atoms with Crippen LogP contribution in [0.3, 0.4) is 0 Å². The Balaban J connectivity index is 2.63. The lowest BCUT2D eigenvalue weighted by atomic mass is 10.1. The lowest BCUT2D eigenvalue weighted by Gasteiger charge is -2.24. The number of hydrogen-bond donors (Lipinski definition) is 1. The van der Waals surface area contributed by atoms with E-state index in [2.05, 4.69) is 30.9 Å². The van der Waals surface area contributed by atoms with Crippen molar-refractivity contribution in [3.05, 3.63) is 35.4 Å². The molecule has 0 saturated heterocycles. The van der Waals surface area contributed by atoms with Crippen LogP contribution in [-0.2, 0) is 11.3 Å². The van der Waals surface area contributed by atoms with E-state index >= 15 is 0 Å². The van der Waals surface area contributed by atoms with Gasteiger partial charge < -0.3 is 10.5 Å². The molecule has 3 nitrogen and oxygen atoms in total. The van der Waals surface area contributed by atoms with Crippen LogP contribution < -0.4 is 5.73 Å². The van der Waals surface area contributed by atoms with Crippen LogP contribution in [0.4, 0.5) is 0 Å². The molecule has 0 bridgehead atoms. The standard InChI is InChI=1S/C15H24N2OS/c1-12(2)10-17(8-9-18-3)11-13-4-6-14(7-5-13)15(16)19/h4-7,12H,8-11H2,1-3H3,(H2,16,19). The molecule has 0 aliphatic heterocycles. The molecule has 0 amide bonds. The molecule has 0 fully saturated rings. The number of nitrogens with zero attached hydrogens (tertiary/aromatic N) is 1. The van der Waals surface area contributed by atoms with Gasteiger partial charge in [-0.1, -0.05) is 50.3 Å². The summed E-state index contributed by atoms with van der Waals surface area (Å²) in [5.74, 6) is 0.646. The Morgan fingerprint density at radius 3 is 2.42 bits per heavy atom. The molecule has 19 heavy (non-hydrogen) atoms. The summed E-state index contributed by atoms with van der Waals surface area (Å²) in [6.07, 6.45) is 0. The van der Waals surface area contributed by atoms with E-state index < -0.39 is 0 Å². The summed E-state index contributed by atoms with van der Waals surface area (Å²) in [5, 5.41) is 0. The van der Waals surface area contributed by atoms with Gasteiger partial charge in [-0.05, 0) is 11.5 Å². The van der Waals surface area contributed by atoms with Crippen molar-refractivity contribution in [2.45, 2.75) is 20.4 Å². The second-order valence-corrected chi connectivity index (χ2v) is 5.62. The minimum atomic E-state index is 0.449. The highest BCUT2D eigenvalue weighted by atomic mass is 32.1. The van der Waals surface area contributed by atoms with Gasteiger partial charge in [0.15, 0.2) is 0 Å². The van der Waals surface area contributed by atoms with Gasteiger partial charge in [0.25, 0.3) is 0 Å². The average molecular weight is 280 g/mol. The Morgan fingerprint density at radius 2 is 1.95 bits per heavy atom. The van der Waals surface area contributed by atoms with E-state index in [1.807, 2.05) is 12.1 Å². The largest absolute Gasteiger partial charge is 0.389 e. The van der Waals surface area contributed by atoms with Crippen molar-refractivity contribution in [1.82, 2.24) is 4.90 Å². The Kier molecular flexibility index (Phi) is 6.99. The van der Waals surface area contributed by atoms with Gasteiger partial charge in [-0.2, -0.15) is 0 Å². The van der Waals surface area contributed by atoms with Crippen molar-refractivity contribution in [3.8, 4) is 0 Å². The molecule has 1 rings (SSSR count). The first-order valence-corrected chi connectivity index (χ1v) is 7.03. The Morgan fingerprint density at radius 1 is 1.32 bits per heavy atom. The molecule has 0 heterocycles. The quantitative estimate of drug-likeness (QED) is 0.742. The van der Waals surface area contributed by atoms with Crippen LogP contribution in [0.5, 0.6) is 0 Å². The van der Waals surface area contributed by atoms with Gasteiger partial charge in [-0.25, -0.2) is 0 Å². The third-order valence-corrected chi connectivity index (χ3v) is 3.12. The molecule has 1 aromatic rings. The van der Waals surface area contributed by atoms with Crippen molar-refractivity contribution < 1.29 is 4.74 Å². The second-order valence-electron chi connectivity index (χ2n) is 5.18. The number of benzene rings is 1. The summed E-state index contributed by atoms with van der Waals surface area (Å²) < 4.78 is 5.17. The predicted octanol–water partition coefficient (Wildman–Crippen LogP) is 2.43. The fourth-order valence-corrected chi connectivity index (χ4v) is 2.14. The summed E-state index contributed by atoms with van der Waals surface area (Å²) in [6.45, 7) is 8.18. The Bertz CT molecular complexity index is 390. The molecule has 0 aliphatic carbocycles. The highest BCUT2D eigenvalue weighted by Gasteiger charge is 2.08. The molecule has 0 atom stereocenters. The monoisotopic (exact) mass is 280 g/mol. The van der Waals surface area contributed by atoms with Crippen molar-refractivity contribution in [3.63, 3.8) is 0 Å². The highest BCUT2D eigenvalue weighted by Crippen LogP contribution is 2.09. The zero-order valence-corrected chi connectivity index (χ0v) is 12.9. The van der Waals surface area contributed by atoms with Gasteiger partial charge >= 0.3 is 0 Å². The van der Waals surface area contributed by atoms with E-state index in [4.69, 9.17) is 22.7 Å². The average Bonchev–Trinajstić information content (AvgIpc) is 2.36. The van der Waals surface area contributed by atoms with E-state index in [0.29, 0.717) is 10.9 Å². The van der Waals surface area contributed by atoms with Crippen LogP contribution in [0.2, 0.25) is 0 Å². The molecule has 0 saturated carbocycles. The van der Waals surface area contributed by atoms with Crippen molar-refractivity contribution in [2.75, 3.05) is 26.8 Å².